The highest BCUT2D eigenvalue weighted by Gasteiger charge is 1.62. The van der Waals surface area contributed by atoms with Gasteiger partial charge in [0.15, 0.2) is 0 Å². The van der Waals surface area contributed by atoms with Crippen molar-refractivity contribution in [1.82, 2.24) is 10.3 Å². The maximum atomic E-state index is 4.69. The van der Waals surface area contributed by atoms with Crippen LogP contribution >= 0.6 is 0 Å². The van der Waals surface area contributed by atoms with Gasteiger partial charge in [-0.1, -0.05) is 10.3 Å². The Bertz CT molecular complexity index is 148. The minimum absolute atomic E-state index is 0.0926. The average molecular weight is 144 g/mol. The molecule has 0 spiro atoms. The van der Waals surface area contributed by atoms with Crippen LogP contribution in [0.5, 0.6) is 0 Å². The van der Waals surface area contributed by atoms with E-state index in [4.69, 9.17) is 11.5 Å². The monoisotopic (exact) mass is 144 g/mol. The van der Waals surface area contributed by atoms with Gasteiger partial charge in [-0.15, -0.1) is 5.10 Å². The summed E-state index contributed by atoms with van der Waals surface area (Å²) in [6.45, 7) is 0. The number of nitrogens with two attached hydrogens (primary N) is 3. The number of rotatable bonds is 0. The molecule has 56 valence electrons. The van der Waals surface area contributed by atoms with E-state index >= 15 is 0 Å². The zero-order chi connectivity index (χ0) is 7.82. The Morgan fingerprint density at radius 1 is 1.30 bits per heavy atom. The summed E-state index contributed by atoms with van der Waals surface area (Å²) in [7, 11) is 0. The molecule has 0 unspecified atom stereocenters. The molecule has 1 aromatic heterocycles. The predicted octanol–water partition coefficient (Wildman–Crippen LogP) is -1.80. The molecule has 10 heavy (non-hydrogen) atoms. The smallest absolute Gasteiger partial charge is 0.208 e. The largest absolute Gasteiger partial charge is 0.369 e. The van der Waals surface area contributed by atoms with Gasteiger partial charge in [0.2, 0.25) is 5.96 Å². The molecule has 1 heterocycles. The highest BCUT2D eigenvalue weighted by atomic mass is 16.6. The van der Waals surface area contributed by atoms with Crippen LogP contribution in [0.25, 0.3) is 0 Å². The van der Waals surface area contributed by atoms with E-state index in [-0.39, 0.29) is 5.96 Å². The quantitative estimate of drug-likeness (QED) is 0.170. The van der Waals surface area contributed by atoms with Crippen LogP contribution in [-0.2, 0) is 0 Å². The molecule has 0 aromatic carbocycles. The second-order valence-electron chi connectivity index (χ2n) is 1.14. The fraction of sp³-hybridized carbons (Fsp3) is 0. The minimum atomic E-state index is -0.0926. The predicted molar refractivity (Wildman–Crippen MR) is 34.3 cm³/mol. The first-order valence-corrected chi connectivity index (χ1v) is 2.27. The van der Waals surface area contributed by atoms with E-state index in [0.29, 0.717) is 0 Å². The van der Waals surface area contributed by atoms with Gasteiger partial charge in [0.1, 0.15) is 0 Å². The third-order valence-corrected chi connectivity index (χ3v) is 0.432. The zero-order valence-electron chi connectivity index (χ0n) is 5.14. The van der Waals surface area contributed by atoms with Crippen molar-refractivity contribution in [3.63, 3.8) is 0 Å². The van der Waals surface area contributed by atoms with Gasteiger partial charge in [-0.05, 0) is 0 Å². The fourth-order valence-electron chi connectivity index (χ4n) is 0.136. The van der Waals surface area contributed by atoms with Crippen molar-refractivity contribution in [2.45, 2.75) is 0 Å². The minimum Gasteiger partial charge on any atom is -0.369 e. The average Bonchev–Trinajstić information content (AvgIpc) is 2.43. The summed E-state index contributed by atoms with van der Waals surface area (Å²) in [4.78, 5) is 0. The van der Waals surface area contributed by atoms with E-state index < -0.39 is 0 Å². The molecule has 1 aromatic rings. The van der Waals surface area contributed by atoms with Crippen LogP contribution in [0.2, 0.25) is 0 Å². The summed E-state index contributed by atoms with van der Waals surface area (Å²) in [6.07, 6.45) is 2.94. The maximum absolute atomic E-state index is 4.69. The van der Waals surface area contributed by atoms with Crippen LogP contribution in [0.4, 0.5) is 0 Å². The molecule has 0 saturated heterocycles. The van der Waals surface area contributed by atoms with Gasteiger partial charge in [0, 0.05) is 0 Å². The fourth-order valence-corrected chi connectivity index (χ4v) is 0.136. The van der Waals surface area contributed by atoms with Crippen molar-refractivity contribution in [3.05, 3.63) is 12.4 Å². The van der Waals surface area contributed by atoms with Crippen LogP contribution in [0.15, 0.2) is 22.1 Å². The first-order valence-electron chi connectivity index (χ1n) is 2.27. The van der Waals surface area contributed by atoms with E-state index in [0.717, 1.165) is 0 Å². The Kier molecular flexibility index (Phi) is 4.39. The Hall–Kier alpha value is -1.79. The molecule has 7 heteroatoms. The standard InChI is InChI=1S/C2H2N2O.CH6N4/c1-2-4-5-3-1;2-1(3)5-4/h1-2H;4H2,(H4,2,3,5). The Labute approximate surface area is 56.8 Å². The summed E-state index contributed by atoms with van der Waals surface area (Å²) in [5.41, 5.74) is 9.39. The SMILES string of the molecule is NN=C(N)N.c1cnon1. The van der Waals surface area contributed by atoms with Crippen molar-refractivity contribution >= 4 is 5.96 Å². The lowest BCUT2D eigenvalue weighted by molar-refractivity contribution is 0.307. The van der Waals surface area contributed by atoms with Gasteiger partial charge in [-0.2, -0.15) is 0 Å². The van der Waals surface area contributed by atoms with E-state index in [1.807, 2.05) is 0 Å². The van der Waals surface area contributed by atoms with Crippen molar-refractivity contribution in [2.24, 2.45) is 22.4 Å². The maximum Gasteiger partial charge on any atom is 0.208 e. The summed E-state index contributed by atoms with van der Waals surface area (Å²) < 4.78 is 4.08. The lowest BCUT2D eigenvalue weighted by atomic mass is 11.0. The molecular weight excluding hydrogens is 136 g/mol. The number of nitrogens with zero attached hydrogens (tertiary/aromatic N) is 3. The molecule has 0 aliphatic carbocycles. The molecule has 0 saturated carbocycles. The van der Waals surface area contributed by atoms with Gasteiger partial charge in [0.05, 0.1) is 12.4 Å². The third kappa shape index (κ3) is 6.21. The Morgan fingerprint density at radius 3 is 1.80 bits per heavy atom. The highest BCUT2D eigenvalue weighted by Crippen LogP contribution is 1.62. The van der Waals surface area contributed by atoms with Crippen LogP contribution in [0.1, 0.15) is 0 Å². The first-order chi connectivity index (χ1) is 4.77. The topological polar surface area (TPSA) is 129 Å². The second kappa shape index (κ2) is 5.35. The molecule has 0 amide bonds. The first kappa shape index (κ1) is 8.21. The summed E-state index contributed by atoms with van der Waals surface area (Å²) in [5, 5.41) is 9.33. The van der Waals surface area contributed by atoms with Gasteiger partial charge in [0.25, 0.3) is 0 Å². The molecule has 0 fully saturated rings. The van der Waals surface area contributed by atoms with Crippen LogP contribution in [0, 0.1) is 0 Å². The molecule has 0 aliphatic heterocycles. The van der Waals surface area contributed by atoms with Crippen molar-refractivity contribution in [2.75, 3.05) is 0 Å². The lowest BCUT2D eigenvalue weighted by Gasteiger charge is -1.76. The van der Waals surface area contributed by atoms with E-state index in [1.165, 1.54) is 12.4 Å². The van der Waals surface area contributed by atoms with Crippen LogP contribution < -0.4 is 17.3 Å². The molecule has 7 nitrogen and oxygen atoms in total. The summed E-state index contributed by atoms with van der Waals surface area (Å²) in [5.74, 6) is 4.42. The van der Waals surface area contributed by atoms with Crippen LogP contribution in [0.3, 0.4) is 0 Å². The molecule has 6 N–H and O–H groups in total. The zero-order valence-corrected chi connectivity index (χ0v) is 5.14. The van der Waals surface area contributed by atoms with Gasteiger partial charge in [-0.25, -0.2) is 4.63 Å². The summed E-state index contributed by atoms with van der Waals surface area (Å²) >= 11 is 0. The van der Waals surface area contributed by atoms with E-state index in [9.17, 15) is 0 Å². The van der Waals surface area contributed by atoms with Crippen LogP contribution in [-0.4, -0.2) is 16.3 Å². The normalized spacial score (nSPS) is 7.20. The summed E-state index contributed by atoms with van der Waals surface area (Å²) in [6, 6.07) is 0. The van der Waals surface area contributed by atoms with E-state index in [2.05, 4.69) is 25.9 Å². The number of guanidine groups is 1. The Morgan fingerprint density at radius 2 is 1.70 bits per heavy atom. The second-order valence-corrected chi connectivity index (χ2v) is 1.14. The number of hydrogen-bond acceptors (Lipinski definition) is 5. The van der Waals surface area contributed by atoms with Gasteiger partial charge < -0.3 is 17.3 Å². The molecule has 0 bridgehead atoms. The number of hydrogen-bond donors (Lipinski definition) is 3. The molecule has 1 rings (SSSR count). The third-order valence-electron chi connectivity index (χ3n) is 0.432. The van der Waals surface area contributed by atoms with Gasteiger partial charge >= 0.3 is 0 Å². The van der Waals surface area contributed by atoms with E-state index in [1.54, 1.807) is 0 Å². The Balaban J connectivity index is 0.000000162. The molecule has 0 radical (unpaired) electrons. The number of hydrazone groups is 1. The number of aromatic nitrogens is 2. The van der Waals surface area contributed by atoms with Crippen molar-refractivity contribution < 1.29 is 4.63 Å². The molecule has 0 aliphatic rings. The molecular formula is C3H8N6O. The lowest BCUT2D eigenvalue weighted by Crippen LogP contribution is -2.23. The molecule has 0 atom stereocenters. The van der Waals surface area contributed by atoms with Crippen molar-refractivity contribution in [3.8, 4) is 0 Å². The van der Waals surface area contributed by atoms with Crippen molar-refractivity contribution in [1.29, 1.82) is 0 Å². The van der Waals surface area contributed by atoms with Gasteiger partial charge in [-0.3, -0.25) is 0 Å². The highest BCUT2D eigenvalue weighted by molar-refractivity contribution is 5.75.